The summed E-state index contributed by atoms with van der Waals surface area (Å²) in [6, 6.07) is -2.84. The van der Waals surface area contributed by atoms with Gasteiger partial charge >= 0.3 is 6.18 Å². The molecular formula is C11H18F3N3O3S. The van der Waals surface area contributed by atoms with Crippen molar-refractivity contribution >= 4 is 16.9 Å². The van der Waals surface area contributed by atoms with Crippen molar-refractivity contribution < 1.29 is 28.1 Å². The van der Waals surface area contributed by atoms with Crippen LogP contribution in [0.2, 0.25) is 0 Å². The molecule has 2 aliphatic heterocycles. The molecule has 0 spiro atoms. The van der Waals surface area contributed by atoms with Gasteiger partial charge in [0.1, 0.15) is 35.8 Å². The molecular weight excluding hydrogens is 311 g/mol. The van der Waals surface area contributed by atoms with E-state index >= 15 is 0 Å². The number of aliphatic hydroxyl groups is 2. The number of amidine groups is 1. The molecule has 6 unspecified atom stereocenters. The number of aliphatic hydroxyl groups excluding tert-OH is 2. The van der Waals surface area contributed by atoms with Gasteiger partial charge in [0, 0.05) is 14.1 Å². The van der Waals surface area contributed by atoms with Crippen LogP contribution in [-0.4, -0.2) is 83.4 Å². The van der Waals surface area contributed by atoms with Crippen LogP contribution in [0.15, 0.2) is 4.99 Å². The summed E-state index contributed by atoms with van der Waals surface area (Å²) in [5, 5.41) is 22.7. The molecule has 2 aliphatic rings. The fourth-order valence-corrected chi connectivity index (χ4v) is 3.53. The Balaban J connectivity index is 2.20. The molecule has 21 heavy (non-hydrogen) atoms. The molecule has 3 N–H and O–H groups in total. The Morgan fingerprint density at radius 2 is 1.95 bits per heavy atom. The monoisotopic (exact) mass is 329 g/mol. The zero-order valence-electron chi connectivity index (χ0n) is 11.7. The Morgan fingerprint density at radius 1 is 1.33 bits per heavy atom. The van der Waals surface area contributed by atoms with Gasteiger partial charge in [-0.1, -0.05) is 11.8 Å². The maximum absolute atomic E-state index is 13.0. The average molecular weight is 329 g/mol. The molecule has 122 valence electrons. The fraction of sp³-hybridized carbons (Fsp3) is 0.909. The SMILES string of the molecule is CNC(C1OC2SC(N(C)C)=NC2C(O)C1O)C(F)(F)F. The van der Waals surface area contributed by atoms with Gasteiger partial charge in [0.05, 0.1) is 0 Å². The summed E-state index contributed by atoms with van der Waals surface area (Å²) in [6.07, 6.45) is -9.26. The van der Waals surface area contributed by atoms with Crippen LogP contribution in [-0.2, 0) is 4.74 Å². The van der Waals surface area contributed by atoms with Gasteiger partial charge in [-0.25, -0.2) is 0 Å². The van der Waals surface area contributed by atoms with E-state index in [2.05, 4.69) is 10.3 Å². The summed E-state index contributed by atoms with van der Waals surface area (Å²) < 4.78 is 44.3. The largest absolute Gasteiger partial charge is 0.406 e. The molecule has 0 aliphatic carbocycles. The normalized spacial score (nSPS) is 37.9. The third kappa shape index (κ3) is 3.14. The predicted octanol–water partition coefficient (Wildman–Crippen LogP) is -0.384. The summed E-state index contributed by atoms with van der Waals surface area (Å²) >= 11 is 1.14. The van der Waals surface area contributed by atoms with Crippen molar-refractivity contribution in [1.29, 1.82) is 0 Å². The number of thioether (sulfide) groups is 1. The lowest BCUT2D eigenvalue weighted by Gasteiger charge is -2.41. The van der Waals surface area contributed by atoms with Crippen LogP contribution in [0.3, 0.4) is 0 Å². The minimum atomic E-state index is -4.60. The second kappa shape index (κ2) is 5.92. The van der Waals surface area contributed by atoms with Gasteiger partial charge < -0.3 is 25.2 Å². The number of nitrogens with zero attached hydrogens (tertiary/aromatic N) is 2. The van der Waals surface area contributed by atoms with E-state index in [1.165, 1.54) is 0 Å². The summed E-state index contributed by atoms with van der Waals surface area (Å²) in [4.78, 5) is 5.87. The maximum Gasteiger partial charge on any atom is 0.406 e. The van der Waals surface area contributed by atoms with Crippen molar-refractivity contribution in [2.24, 2.45) is 4.99 Å². The molecule has 0 aromatic rings. The minimum absolute atomic E-state index is 0.546. The number of fused-ring (bicyclic) bond motifs is 1. The Kier molecular flexibility index (Phi) is 4.74. The van der Waals surface area contributed by atoms with Crippen LogP contribution < -0.4 is 5.32 Å². The topological polar surface area (TPSA) is 77.3 Å². The molecule has 0 amide bonds. The van der Waals surface area contributed by atoms with E-state index in [1.54, 1.807) is 19.0 Å². The number of halogens is 3. The van der Waals surface area contributed by atoms with Gasteiger partial charge in [0.25, 0.3) is 0 Å². The highest BCUT2D eigenvalue weighted by molar-refractivity contribution is 8.14. The first kappa shape index (κ1) is 16.8. The summed E-state index contributed by atoms with van der Waals surface area (Å²) in [6.45, 7) is 0. The molecule has 0 saturated carbocycles. The molecule has 2 rings (SSSR count). The number of hydrogen-bond acceptors (Lipinski definition) is 7. The van der Waals surface area contributed by atoms with Crippen molar-refractivity contribution in [1.82, 2.24) is 10.2 Å². The second-order valence-corrected chi connectivity index (χ2v) is 6.24. The van der Waals surface area contributed by atoms with Crippen molar-refractivity contribution in [3.05, 3.63) is 0 Å². The van der Waals surface area contributed by atoms with Crippen LogP contribution in [0.25, 0.3) is 0 Å². The van der Waals surface area contributed by atoms with E-state index < -0.39 is 42.0 Å². The third-order valence-corrected chi connectivity index (χ3v) is 4.77. The summed E-state index contributed by atoms with van der Waals surface area (Å²) in [7, 11) is 4.60. The van der Waals surface area contributed by atoms with Crippen LogP contribution in [0.1, 0.15) is 0 Å². The lowest BCUT2D eigenvalue weighted by atomic mass is 9.93. The quantitative estimate of drug-likeness (QED) is 0.641. The minimum Gasteiger partial charge on any atom is -0.388 e. The molecule has 10 heteroatoms. The van der Waals surface area contributed by atoms with Crippen molar-refractivity contribution in [3.63, 3.8) is 0 Å². The third-order valence-electron chi connectivity index (χ3n) is 3.46. The Morgan fingerprint density at radius 3 is 2.43 bits per heavy atom. The van der Waals surface area contributed by atoms with Crippen LogP contribution in [0, 0.1) is 0 Å². The van der Waals surface area contributed by atoms with Crippen LogP contribution in [0.5, 0.6) is 0 Å². The van der Waals surface area contributed by atoms with Crippen LogP contribution in [0.4, 0.5) is 13.2 Å². The zero-order valence-corrected chi connectivity index (χ0v) is 12.5. The zero-order chi connectivity index (χ0) is 15.9. The first-order valence-electron chi connectivity index (χ1n) is 6.34. The van der Waals surface area contributed by atoms with E-state index in [0.29, 0.717) is 5.17 Å². The lowest BCUT2D eigenvalue weighted by molar-refractivity contribution is -0.228. The maximum atomic E-state index is 13.0. The molecule has 1 saturated heterocycles. The molecule has 0 aromatic heterocycles. The molecule has 0 aromatic carbocycles. The van der Waals surface area contributed by atoms with Gasteiger partial charge in [-0.05, 0) is 7.05 Å². The average Bonchev–Trinajstić information content (AvgIpc) is 2.78. The van der Waals surface area contributed by atoms with Crippen molar-refractivity contribution in [3.8, 4) is 0 Å². The number of hydrogen-bond donors (Lipinski definition) is 3. The Labute approximate surface area is 124 Å². The molecule has 0 bridgehead atoms. The standard InChI is InChI=1S/C11H18F3N3O3S/c1-15-8(11(12,13)14)7-6(19)5(18)4-9(20-7)21-10(16-4)17(2)3/h4-9,15,18-19H,1-3H3. The Hall–Kier alpha value is -0.550. The number of aliphatic imine (C=N–C) groups is 1. The predicted molar refractivity (Wildman–Crippen MR) is 72.1 cm³/mol. The highest BCUT2D eigenvalue weighted by atomic mass is 32.2. The smallest absolute Gasteiger partial charge is 0.388 e. The van der Waals surface area contributed by atoms with E-state index in [9.17, 15) is 23.4 Å². The van der Waals surface area contributed by atoms with Gasteiger partial charge in [0.15, 0.2) is 5.17 Å². The van der Waals surface area contributed by atoms with E-state index in [0.717, 1.165) is 18.8 Å². The summed E-state index contributed by atoms with van der Waals surface area (Å²) in [5.41, 5.74) is -0.746. The molecule has 1 fully saturated rings. The van der Waals surface area contributed by atoms with Crippen LogP contribution >= 0.6 is 11.8 Å². The molecule has 6 atom stereocenters. The van der Waals surface area contributed by atoms with Gasteiger partial charge in [0.2, 0.25) is 0 Å². The van der Waals surface area contributed by atoms with Gasteiger partial charge in [-0.2, -0.15) is 13.2 Å². The Bertz CT molecular complexity index is 421. The highest BCUT2D eigenvalue weighted by Gasteiger charge is 2.56. The van der Waals surface area contributed by atoms with Gasteiger partial charge in [-0.3, -0.25) is 4.99 Å². The number of alkyl halides is 3. The lowest BCUT2D eigenvalue weighted by Crippen LogP contribution is -2.64. The van der Waals surface area contributed by atoms with E-state index in [4.69, 9.17) is 4.74 Å². The fourth-order valence-electron chi connectivity index (χ4n) is 2.38. The molecule has 2 heterocycles. The summed E-state index contributed by atoms with van der Waals surface area (Å²) in [5.74, 6) is 0. The molecule has 6 nitrogen and oxygen atoms in total. The van der Waals surface area contributed by atoms with Crippen molar-refractivity contribution in [2.45, 2.75) is 42.0 Å². The number of rotatable bonds is 2. The van der Waals surface area contributed by atoms with Gasteiger partial charge in [-0.15, -0.1) is 0 Å². The molecule has 0 radical (unpaired) electrons. The first-order chi connectivity index (χ1) is 9.66. The van der Waals surface area contributed by atoms with E-state index in [-0.39, 0.29) is 0 Å². The number of nitrogens with one attached hydrogen (secondary N) is 1. The highest BCUT2D eigenvalue weighted by Crippen LogP contribution is 2.39. The van der Waals surface area contributed by atoms with Crippen molar-refractivity contribution in [2.75, 3.05) is 21.1 Å². The number of likely N-dealkylation sites (N-methyl/N-ethyl adjacent to an activating group) is 1. The van der Waals surface area contributed by atoms with E-state index in [1.807, 2.05) is 0 Å². The second-order valence-electron chi connectivity index (χ2n) is 5.17. The number of ether oxygens (including phenoxy) is 1. The first-order valence-corrected chi connectivity index (χ1v) is 7.22.